The summed E-state index contributed by atoms with van der Waals surface area (Å²) in [6.07, 6.45) is 4.68. The van der Waals surface area contributed by atoms with E-state index < -0.39 is 11.1 Å². The highest BCUT2D eigenvalue weighted by molar-refractivity contribution is 8.18. The number of halogens is 1. The van der Waals surface area contributed by atoms with Gasteiger partial charge in [-0.05, 0) is 61.7 Å². The fraction of sp³-hybridized carbons (Fsp3) is 0.389. The van der Waals surface area contributed by atoms with Crippen LogP contribution in [0.3, 0.4) is 0 Å². The number of nitrogens with zero attached hydrogens (tertiary/aromatic N) is 2. The van der Waals surface area contributed by atoms with Crippen molar-refractivity contribution in [3.8, 4) is 0 Å². The van der Waals surface area contributed by atoms with Crippen molar-refractivity contribution < 1.29 is 14.4 Å². The predicted octanol–water partition coefficient (Wildman–Crippen LogP) is 3.78. The van der Waals surface area contributed by atoms with Crippen LogP contribution in [-0.4, -0.2) is 46.0 Å². The van der Waals surface area contributed by atoms with Gasteiger partial charge in [-0.15, -0.1) is 0 Å². The lowest BCUT2D eigenvalue weighted by Gasteiger charge is -2.34. The SMILES string of the molecule is C[C@H]1CCCCN1C(=O)CN1C(=O)S/C(=C\c2ccc(Cl)cc2)C1=O. The summed E-state index contributed by atoms with van der Waals surface area (Å²) in [4.78, 5) is 40.3. The molecular weight excluding hydrogens is 360 g/mol. The molecule has 0 N–H and O–H groups in total. The maximum atomic E-state index is 12.5. The van der Waals surface area contributed by atoms with Crippen LogP contribution in [0.15, 0.2) is 29.2 Å². The van der Waals surface area contributed by atoms with E-state index in [-0.39, 0.29) is 18.5 Å². The molecule has 0 spiro atoms. The molecule has 1 aromatic rings. The number of carbonyl (C=O) groups excluding carboxylic acids is 3. The number of rotatable bonds is 3. The van der Waals surface area contributed by atoms with Gasteiger partial charge in [0.25, 0.3) is 11.1 Å². The van der Waals surface area contributed by atoms with Gasteiger partial charge in [0.1, 0.15) is 6.54 Å². The van der Waals surface area contributed by atoms with Crippen LogP contribution in [0.25, 0.3) is 6.08 Å². The third-order valence-corrected chi connectivity index (χ3v) is 5.62. The van der Waals surface area contributed by atoms with Crippen molar-refractivity contribution in [3.05, 3.63) is 39.8 Å². The molecule has 2 saturated heterocycles. The lowest BCUT2D eigenvalue weighted by molar-refractivity contribution is -0.138. The van der Waals surface area contributed by atoms with Gasteiger partial charge in [-0.25, -0.2) is 0 Å². The number of benzene rings is 1. The standard InChI is InChI=1S/C18H19ClN2O3S/c1-12-4-2-3-9-20(12)16(22)11-21-17(23)15(25-18(21)24)10-13-5-7-14(19)8-6-13/h5-8,10,12H,2-4,9,11H2,1H3/b15-10-/t12-/m0/s1. The normalized spacial score (nSPS) is 22.8. The van der Waals surface area contributed by atoms with Crippen molar-refractivity contribution in [3.63, 3.8) is 0 Å². The summed E-state index contributed by atoms with van der Waals surface area (Å²) < 4.78 is 0. The van der Waals surface area contributed by atoms with Crippen molar-refractivity contribution >= 4 is 46.5 Å². The molecule has 0 aromatic heterocycles. The molecule has 2 aliphatic heterocycles. The minimum absolute atomic E-state index is 0.158. The van der Waals surface area contributed by atoms with Crippen LogP contribution in [0.2, 0.25) is 5.02 Å². The summed E-state index contributed by atoms with van der Waals surface area (Å²) >= 11 is 6.71. The molecule has 0 bridgehead atoms. The number of imide groups is 1. The molecule has 7 heteroatoms. The van der Waals surface area contributed by atoms with Gasteiger partial charge in [0.2, 0.25) is 5.91 Å². The summed E-state index contributed by atoms with van der Waals surface area (Å²) in [7, 11) is 0. The molecule has 0 unspecified atom stereocenters. The zero-order valence-electron chi connectivity index (χ0n) is 13.9. The van der Waals surface area contributed by atoms with E-state index in [0.29, 0.717) is 16.5 Å². The van der Waals surface area contributed by atoms with Crippen LogP contribution >= 0.6 is 23.4 Å². The lowest BCUT2D eigenvalue weighted by Crippen LogP contribution is -2.47. The molecule has 25 heavy (non-hydrogen) atoms. The van der Waals surface area contributed by atoms with Crippen molar-refractivity contribution in [2.75, 3.05) is 13.1 Å². The molecule has 5 nitrogen and oxygen atoms in total. The maximum absolute atomic E-state index is 12.5. The Balaban J connectivity index is 1.70. The molecule has 0 radical (unpaired) electrons. The highest BCUT2D eigenvalue weighted by atomic mass is 35.5. The number of thioether (sulfide) groups is 1. The Bertz CT molecular complexity index is 732. The number of likely N-dealkylation sites (tertiary alicyclic amines) is 1. The third kappa shape index (κ3) is 4.07. The Hall–Kier alpha value is -1.79. The molecule has 0 saturated carbocycles. The average Bonchev–Trinajstić information content (AvgIpc) is 2.85. The first-order valence-corrected chi connectivity index (χ1v) is 9.45. The average molecular weight is 379 g/mol. The fourth-order valence-electron chi connectivity index (χ4n) is 3.04. The number of carbonyl (C=O) groups is 3. The van der Waals surface area contributed by atoms with Gasteiger partial charge >= 0.3 is 0 Å². The van der Waals surface area contributed by atoms with Crippen molar-refractivity contribution in [2.45, 2.75) is 32.2 Å². The van der Waals surface area contributed by atoms with E-state index in [4.69, 9.17) is 11.6 Å². The predicted molar refractivity (Wildman–Crippen MR) is 99.2 cm³/mol. The van der Waals surface area contributed by atoms with Crippen LogP contribution in [0.4, 0.5) is 4.79 Å². The van der Waals surface area contributed by atoms with E-state index in [2.05, 4.69) is 0 Å². The Labute approximate surface area is 156 Å². The third-order valence-electron chi connectivity index (χ3n) is 4.46. The van der Waals surface area contributed by atoms with Gasteiger partial charge in [-0.2, -0.15) is 0 Å². The second kappa shape index (κ2) is 7.62. The highest BCUT2D eigenvalue weighted by Crippen LogP contribution is 2.32. The molecule has 1 atom stereocenters. The fourth-order valence-corrected chi connectivity index (χ4v) is 4.01. The van der Waals surface area contributed by atoms with Gasteiger partial charge in [-0.1, -0.05) is 23.7 Å². The first kappa shape index (κ1) is 18.0. The van der Waals surface area contributed by atoms with Gasteiger partial charge in [0, 0.05) is 17.6 Å². The quantitative estimate of drug-likeness (QED) is 0.751. The second-order valence-electron chi connectivity index (χ2n) is 6.25. The van der Waals surface area contributed by atoms with E-state index in [0.717, 1.165) is 41.5 Å². The zero-order chi connectivity index (χ0) is 18.0. The van der Waals surface area contributed by atoms with Crippen molar-refractivity contribution in [1.29, 1.82) is 0 Å². The molecule has 2 heterocycles. The van der Waals surface area contributed by atoms with Crippen LogP contribution in [0, 0.1) is 0 Å². The summed E-state index contributed by atoms with van der Waals surface area (Å²) in [6, 6.07) is 7.15. The van der Waals surface area contributed by atoms with Crippen molar-refractivity contribution in [1.82, 2.24) is 9.80 Å². The molecule has 2 aliphatic rings. The summed E-state index contributed by atoms with van der Waals surface area (Å²) in [6.45, 7) is 2.51. The Kier molecular flexibility index (Phi) is 5.49. The van der Waals surface area contributed by atoms with E-state index in [9.17, 15) is 14.4 Å². The molecule has 132 valence electrons. The molecular formula is C18H19ClN2O3S. The monoisotopic (exact) mass is 378 g/mol. The van der Waals surface area contributed by atoms with Gasteiger partial charge < -0.3 is 4.90 Å². The minimum atomic E-state index is -0.414. The number of piperidine rings is 1. The topological polar surface area (TPSA) is 57.7 Å². The smallest absolute Gasteiger partial charge is 0.294 e. The Morgan fingerprint density at radius 2 is 2.00 bits per heavy atom. The Morgan fingerprint density at radius 3 is 2.68 bits per heavy atom. The molecule has 3 rings (SSSR count). The largest absolute Gasteiger partial charge is 0.338 e. The van der Waals surface area contributed by atoms with Crippen molar-refractivity contribution in [2.24, 2.45) is 0 Å². The van der Waals surface area contributed by atoms with Gasteiger partial charge in [0.15, 0.2) is 0 Å². The minimum Gasteiger partial charge on any atom is -0.338 e. The van der Waals surface area contributed by atoms with Crippen LogP contribution < -0.4 is 0 Å². The Morgan fingerprint density at radius 1 is 1.28 bits per heavy atom. The van der Waals surface area contributed by atoms with E-state index in [1.165, 1.54) is 0 Å². The molecule has 1 aromatic carbocycles. The molecule has 3 amide bonds. The van der Waals surface area contributed by atoms with Gasteiger partial charge in [-0.3, -0.25) is 19.3 Å². The van der Waals surface area contributed by atoms with Crippen LogP contribution in [0.1, 0.15) is 31.7 Å². The second-order valence-corrected chi connectivity index (χ2v) is 7.68. The number of amides is 3. The first-order chi connectivity index (χ1) is 12.0. The van der Waals surface area contributed by atoms with Crippen LogP contribution in [-0.2, 0) is 9.59 Å². The zero-order valence-corrected chi connectivity index (χ0v) is 15.5. The lowest BCUT2D eigenvalue weighted by atomic mass is 10.0. The maximum Gasteiger partial charge on any atom is 0.294 e. The highest BCUT2D eigenvalue weighted by Gasteiger charge is 2.37. The summed E-state index contributed by atoms with van der Waals surface area (Å²) in [5.41, 5.74) is 0.783. The van der Waals surface area contributed by atoms with E-state index in [1.54, 1.807) is 35.2 Å². The van der Waals surface area contributed by atoms with E-state index in [1.807, 2.05) is 6.92 Å². The van der Waals surface area contributed by atoms with Gasteiger partial charge in [0.05, 0.1) is 4.91 Å². The molecule has 2 fully saturated rings. The van der Waals surface area contributed by atoms with Crippen LogP contribution in [0.5, 0.6) is 0 Å². The molecule has 0 aliphatic carbocycles. The summed E-state index contributed by atoms with van der Waals surface area (Å²) in [5.74, 6) is -0.579. The first-order valence-electron chi connectivity index (χ1n) is 8.26. The van der Waals surface area contributed by atoms with E-state index >= 15 is 0 Å². The summed E-state index contributed by atoms with van der Waals surface area (Å²) in [5, 5.41) is 0.203. The number of hydrogen-bond acceptors (Lipinski definition) is 4. The number of hydrogen-bond donors (Lipinski definition) is 0.